The normalized spacial score (nSPS) is 25.3. The Morgan fingerprint density at radius 1 is 1.41 bits per heavy atom. The van der Waals surface area contributed by atoms with Gasteiger partial charge in [0.25, 0.3) is 5.56 Å². The lowest BCUT2D eigenvalue weighted by Crippen LogP contribution is -2.38. The summed E-state index contributed by atoms with van der Waals surface area (Å²) in [6, 6.07) is 1.42. The molecule has 3 N–H and O–H groups in total. The van der Waals surface area contributed by atoms with E-state index in [1.807, 2.05) is 0 Å². The molecule has 1 aromatic heterocycles. The molecule has 0 radical (unpaired) electrons. The average molecular weight is 237 g/mol. The van der Waals surface area contributed by atoms with Crippen LogP contribution in [0.3, 0.4) is 0 Å². The molecule has 1 heterocycles. The monoisotopic (exact) mass is 237 g/mol. The van der Waals surface area contributed by atoms with Gasteiger partial charge in [0.05, 0.1) is 6.07 Å². The summed E-state index contributed by atoms with van der Waals surface area (Å²) in [4.78, 5) is 18.0. The molecular formula is C12H19N3O2. The molecule has 17 heavy (non-hydrogen) atoms. The molecule has 0 saturated heterocycles. The SMILES string of the molecule is Cc1nc(OC2CCCCCC2N)cc(=O)[nH]1. The van der Waals surface area contributed by atoms with Crippen molar-refractivity contribution in [2.24, 2.45) is 5.73 Å². The highest BCUT2D eigenvalue weighted by Crippen LogP contribution is 2.20. The molecule has 2 unspecified atom stereocenters. The first-order valence-corrected chi connectivity index (χ1v) is 6.15. The minimum atomic E-state index is -0.185. The second-order valence-corrected chi connectivity index (χ2v) is 4.63. The number of nitrogens with one attached hydrogen (secondary N) is 1. The molecule has 1 aliphatic rings. The highest BCUT2D eigenvalue weighted by molar-refractivity contribution is 5.09. The summed E-state index contributed by atoms with van der Waals surface area (Å²) in [6.07, 6.45) is 5.38. The molecule has 94 valence electrons. The van der Waals surface area contributed by atoms with Crippen molar-refractivity contribution in [3.8, 4) is 5.88 Å². The van der Waals surface area contributed by atoms with Gasteiger partial charge in [0.2, 0.25) is 5.88 Å². The summed E-state index contributed by atoms with van der Waals surface area (Å²) in [5.74, 6) is 0.947. The van der Waals surface area contributed by atoms with Crippen LogP contribution in [-0.4, -0.2) is 22.1 Å². The van der Waals surface area contributed by atoms with Crippen molar-refractivity contribution < 1.29 is 4.74 Å². The van der Waals surface area contributed by atoms with E-state index in [9.17, 15) is 4.79 Å². The number of aromatic nitrogens is 2. The number of ether oxygens (including phenoxy) is 1. The molecule has 1 saturated carbocycles. The van der Waals surface area contributed by atoms with Crippen LogP contribution < -0.4 is 16.0 Å². The quantitative estimate of drug-likeness (QED) is 0.755. The summed E-state index contributed by atoms with van der Waals surface area (Å²) >= 11 is 0. The Labute approximate surface area is 100 Å². The van der Waals surface area contributed by atoms with Gasteiger partial charge in [0.15, 0.2) is 0 Å². The molecule has 0 aromatic carbocycles. The van der Waals surface area contributed by atoms with Crippen molar-refractivity contribution >= 4 is 0 Å². The van der Waals surface area contributed by atoms with E-state index in [2.05, 4.69) is 9.97 Å². The molecule has 0 amide bonds. The number of nitrogens with zero attached hydrogens (tertiary/aromatic N) is 1. The largest absolute Gasteiger partial charge is 0.473 e. The predicted octanol–water partition coefficient (Wildman–Crippen LogP) is 1.12. The van der Waals surface area contributed by atoms with E-state index in [1.54, 1.807) is 6.92 Å². The highest BCUT2D eigenvalue weighted by Gasteiger charge is 2.22. The summed E-state index contributed by atoms with van der Waals surface area (Å²) in [5, 5.41) is 0. The molecule has 1 aliphatic carbocycles. The van der Waals surface area contributed by atoms with E-state index in [-0.39, 0.29) is 17.7 Å². The number of hydrogen-bond donors (Lipinski definition) is 2. The molecule has 2 atom stereocenters. The fourth-order valence-corrected chi connectivity index (χ4v) is 2.22. The molecule has 0 spiro atoms. The smallest absolute Gasteiger partial charge is 0.254 e. The van der Waals surface area contributed by atoms with E-state index >= 15 is 0 Å². The van der Waals surface area contributed by atoms with Gasteiger partial charge in [-0.25, -0.2) is 4.98 Å². The zero-order valence-electron chi connectivity index (χ0n) is 10.1. The van der Waals surface area contributed by atoms with Crippen LogP contribution in [0, 0.1) is 6.92 Å². The summed E-state index contributed by atoms with van der Waals surface area (Å²) < 4.78 is 5.75. The van der Waals surface area contributed by atoms with Gasteiger partial charge in [-0.05, 0) is 26.2 Å². The number of aryl methyl sites for hydroxylation is 1. The van der Waals surface area contributed by atoms with Gasteiger partial charge in [-0.1, -0.05) is 12.8 Å². The van der Waals surface area contributed by atoms with Gasteiger partial charge >= 0.3 is 0 Å². The Morgan fingerprint density at radius 3 is 2.94 bits per heavy atom. The number of rotatable bonds is 2. The number of nitrogens with two attached hydrogens (primary N) is 1. The van der Waals surface area contributed by atoms with Crippen LogP contribution in [-0.2, 0) is 0 Å². The van der Waals surface area contributed by atoms with Crippen LogP contribution in [0.5, 0.6) is 5.88 Å². The first-order chi connectivity index (χ1) is 8.15. The van der Waals surface area contributed by atoms with E-state index in [0.29, 0.717) is 11.7 Å². The molecular weight excluding hydrogens is 218 g/mol. The van der Waals surface area contributed by atoms with Crippen LogP contribution in [0.25, 0.3) is 0 Å². The Hall–Kier alpha value is -1.36. The van der Waals surface area contributed by atoms with Crippen LogP contribution in [0.2, 0.25) is 0 Å². The van der Waals surface area contributed by atoms with E-state index in [1.165, 1.54) is 12.5 Å². The molecule has 5 heteroatoms. The molecule has 0 aliphatic heterocycles. The van der Waals surface area contributed by atoms with Crippen molar-refractivity contribution in [1.29, 1.82) is 0 Å². The lowest BCUT2D eigenvalue weighted by Gasteiger charge is -2.22. The van der Waals surface area contributed by atoms with Gasteiger partial charge in [-0.2, -0.15) is 0 Å². The van der Waals surface area contributed by atoms with Crippen molar-refractivity contribution in [2.45, 2.75) is 51.2 Å². The minimum Gasteiger partial charge on any atom is -0.473 e. The lowest BCUT2D eigenvalue weighted by molar-refractivity contribution is 0.155. The van der Waals surface area contributed by atoms with Crippen molar-refractivity contribution in [2.75, 3.05) is 0 Å². The van der Waals surface area contributed by atoms with Gasteiger partial charge in [0, 0.05) is 6.04 Å². The average Bonchev–Trinajstić information content (AvgIpc) is 2.43. The van der Waals surface area contributed by atoms with Crippen molar-refractivity contribution in [1.82, 2.24) is 9.97 Å². The summed E-state index contributed by atoms with van der Waals surface area (Å²) in [5.41, 5.74) is 5.88. The van der Waals surface area contributed by atoms with E-state index in [0.717, 1.165) is 25.7 Å². The molecule has 1 fully saturated rings. The Balaban J connectivity index is 2.10. The first-order valence-electron chi connectivity index (χ1n) is 6.15. The second kappa shape index (κ2) is 5.31. The van der Waals surface area contributed by atoms with Gasteiger partial charge < -0.3 is 15.5 Å². The third-order valence-corrected chi connectivity index (χ3v) is 3.11. The summed E-state index contributed by atoms with van der Waals surface area (Å²) in [7, 11) is 0. The zero-order chi connectivity index (χ0) is 12.3. The minimum absolute atomic E-state index is 0.0220. The molecule has 0 bridgehead atoms. The Bertz CT molecular complexity index is 430. The third kappa shape index (κ3) is 3.30. The van der Waals surface area contributed by atoms with E-state index < -0.39 is 0 Å². The lowest BCUT2D eigenvalue weighted by atomic mass is 10.1. The van der Waals surface area contributed by atoms with Gasteiger partial charge in [-0.15, -0.1) is 0 Å². The molecule has 1 aromatic rings. The molecule has 2 rings (SSSR count). The second-order valence-electron chi connectivity index (χ2n) is 4.63. The Morgan fingerprint density at radius 2 is 2.18 bits per heavy atom. The van der Waals surface area contributed by atoms with Crippen molar-refractivity contribution in [3.63, 3.8) is 0 Å². The highest BCUT2D eigenvalue weighted by atomic mass is 16.5. The first kappa shape index (κ1) is 12.1. The van der Waals surface area contributed by atoms with Crippen LogP contribution in [0.1, 0.15) is 37.9 Å². The van der Waals surface area contributed by atoms with Gasteiger partial charge in [-0.3, -0.25) is 4.79 Å². The standard InChI is InChI=1S/C12H19N3O2/c1-8-14-11(16)7-12(15-8)17-10-6-4-2-3-5-9(10)13/h7,9-10H,2-6,13H2,1H3,(H,14,15,16). The third-order valence-electron chi connectivity index (χ3n) is 3.11. The summed E-state index contributed by atoms with van der Waals surface area (Å²) in [6.45, 7) is 1.74. The fourth-order valence-electron chi connectivity index (χ4n) is 2.22. The van der Waals surface area contributed by atoms with E-state index in [4.69, 9.17) is 10.5 Å². The van der Waals surface area contributed by atoms with Crippen LogP contribution >= 0.6 is 0 Å². The maximum atomic E-state index is 11.3. The fraction of sp³-hybridized carbons (Fsp3) is 0.667. The zero-order valence-corrected chi connectivity index (χ0v) is 10.1. The van der Waals surface area contributed by atoms with Gasteiger partial charge in [0.1, 0.15) is 11.9 Å². The Kier molecular flexibility index (Phi) is 3.78. The number of H-pyrrole nitrogens is 1. The molecule has 5 nitrogen and oxygen atoms in total. The topological polar surface area (TPSA) is 81.0 Å². The maximum Gasteiger partial charge on any atom is 0.254 e. The predicted molar refractivity (Wildman–Crippen MR) is 65.1 cm³/mol. The van der Waals surface area contributed by atoms with Crippen molar-refractivity contribution in [3.05, 3.63) is 22.2 Å². The maximum absolute atomic E-state index is 11.3. The van der Waals surface area contributed by atoms with Crippen LogP contribution in [0.15, 0.2) is 10.9 Å². The number of aromatic amines is 1. The van der Waals surface area contributed by atoms with Crippen LogP contribution in [0.4, 0.5) is 0 Å². The number of hydrogen-bond acceptors (Lipinski definition) is 4.